The van der Waals surface area contributed by atoms with Gasteiger partial charge in [-0.05, 0) is 39.3 Å². The predicted molar refractivity (Wildman–Crippen MR) is 69.5 cm³/mol. The first-order valence-electron chi connectivity index (χ1n) is 6.04. The summed E-state index contributed by atoms with van der Waals surface area (Å²) in [4.78, 5) is 26.1. The molecule has 1 heterocycles. The lowest BCUT2D eigenvalue weighted by molar-refractivity contribution is -0.131. The molecule has 2 N–H and O–H groups in total. The Labute approximate surface area is 107 Å². The lowest BCUT2D eigenvalue weighted by Gasteiger charge is -2.12. The van der Waals surface area contributed by atoms with Crippen LogP contribution in [-0.4, -0.2) is 23.6 Å². The van der Waals surface area contributed by atoms with E-state index in [-0.39, 0.29) is 18.0 Å². The molecule has 18 heavy (non-hydrogen) atoms. The number of aromatic nitrogens is 1. The van der Waals surface area contributed by atoms with Gasteiger partial charge in [0.25, 0.3) is 5.56 Å². The fourth-order valence-electron chi connectivity index (χ4n) is 1.75. The number of hydrogen-bond acceptors (Lipinski definition) is 3. The van der Waals surface area contributed by atoms with Crippen molar-refractivity contribution in [3.63, 3.8) is 0 Å². The minimum atomic E-state index is -0.500. The molecule has 1 amide bonds. The Balaban J connectivity index is 2.70. The van der Waals surface area contributed by atoms with Crippen molar-refractivity contribution in [2.45, 2.75) is 40.3 Å². The minimum Gasteiger partial charge on any atom is -0.369 e. The average molecular weight is 252 g/mol. The molecular formula is C13H20N2O3. The molecule has 0 saturated heterocycles. The first-order valence-corrected chi connectivity index (χ1v) is 6.04. The number of aromatic amines is 1. The van der Waals surface area contributed by atoms with Crippen molar-refractivity contribution in [3.05, 3.63) is 33.2 Å². The summed E-state index contributed by atoms with van der Waals surface area (Å²) in [5.74, 6) is -0.212. The van der Waals surface area contributed by atoms with E-state index in [9.17, 15) is 9.59 Å². The first-order chi connectivity index (χ1) is 8.45. The SMILES string of the molecule is CCOC(C)C(=O)NCc1c(C)cc(C)[nH]c1=O. The zero-order valence-electron chi connectivity index (χ0n) is 11.3. The highest BCUT2D eigenvalue weighted by atomic mass is 16.5. The standard InChI is InChI=1S/C13H20N2O3/c1-5-18-10(4)12(16)14-7-11-8(2)6-9(3)15-13(11)17/h6,10H,5,7H2,1-4H3,(H,14,16)(H,15,17). The highest BCUT2D eigenvalue weighted by Gasteiger charge is 2.13. The molecule has 1 rings (SSSR count). The lowest BCUT2D eigenvalue weighted by Crippen LogP contribution is -2.35. The van der Waals surface area contributed by atoms with Gasteiger partial charge in [0.05, 0.1) is 0 Å². The van der Waals surface area contributed by atoms with Crippen LogP contribution in [0.15, 0.2) is 10.9 Å². The monoisotopic (exact) mass is 252 g/mol. The van der Waals surface area contributed by atoms with Crippen LogP contribution in [0.3, 0.4) is 0 Å². The maximum Gasteiger partial charge on any atom is 0.253 e. The quantitative estimate of drug-likeness (QED) is 0.822. The molecular weight excluding hydrogens is 232 g/mol. The van der Waals surface area contributed by atoms with Gasteiger partial charge in [-0.1, -0.05) is 0 Å². The molecule has 100 valence electrons. The number of amides is 1. The number of carbonyl (C=O) groups excluding carboxylic acids is 1. The van der Waals surface area contributed by atoms with Gasteiger partial charge in [0.1, 0.15) is 6.10 Å². The Morgan fingerprint density at radius 3 is 2.72 bits per heavy atom. The average Bonchev–Trinajstić information content (AvgIpc) is 2.27. The number of H-pyrrole nitrogens is 1. The lowest BCUT2D eigenvalue weighted by atomic mass is 10.1. The van der Waals surface area contributed by atoms with Gasteiger partial charge in [-0.3, -0.25) is 9.59 Å². The number of aryl methyl sites for hydroxylation is 2. The van der Waals surface area contributed by atoms with E-state index in [1.54, 1.807) is 6.92 Å². The molecule has 0 fully saturated rings. The molecule has 1 unspecified atom stereocenters. The second-order valence-electron chi connectivity index (χ2n) is 4.26. The minimum absolute atomic E-state index is 0.156. The van der Waals surface area contributed by atoms with E-state index in [1.165, 1.54) is 0 Å². The van der Waals surface area contributed by atoms with Crippen molar-refractivity contribution in [1.82, 2.24) is 10.3 Å². The smallest absolute Gasteiger partial charge is 0.253 e. The highest BCUT2D eigenvalue weighted by Crippen LogP contribution is 2.03. The molecule has 0 aliphatic rings. The molecule has 5 heteroatoms. The van der Waals surface area contributed by atoms with Crippen LogP contribution in [-0.2, 0) is 16.1 Å². The second kappa shape index (κ2) is 6.35. The van der Waals surface area contributed by atoms with Crippen molar-refractivity contribution >= 4 is 5.91 Å². The number of ether oxygens (including phenoxy) is 1. The van der Waals surface area contributed by atoms with Crippen molar-refractivity contribution in [1.29, 1.82) is 0 Å². The summed E-state index contributed by atoms with van der Waals surface area (Å²) >= 11 is 0. The van der Waals surface area contributed by atoms with Crippen LogP contribution >= 0.6 is 0 Å². The van der Waals surface area contributed by atoms with Crippen LogP contribution < -0.4 is 10.9 Å². The molecule has 5 nitrogen and oxygen atoms in total. The van der Waals surface area contributed by atoms with Gasteiger partial charge >= 0.3 is 0 Å². The Morgan fingerprint density at radius 1 is 1.50 bits per heavy atom. The van der Waals surface area contributed by atoms with E-state index in [0.29, 0.717) is 12.2 Å². The molecule has 0 spiro atoms. The van der Waals surface area contributed by atoms with Crippen LogP contribution in [0.25, 0.3) is 0 Å². The number of carbonyl (C=O) groups is 1. The third kappa shape index (κ3) is 3.70. The summed E-state index contributed by atoms with van der Waals surface area (Å²) in [6.07, 6.45) is -0.500. The zero-order valence-corrected chi connectivity index (χ0v) is 11.3. The molecule has 1 atom stereocenters. The Morgan fingerprint density at radius 2 is 2.17 bits per heavy atom. The van der Waals surface area contributed by atoms with Gasteiger partial charge in [-0.25, -0.2) is 0 Å². The van der Waals surface area contributed by atoms with Gasteiger partial charge in [-0.15, -0.1) is 0 Å². The Kier molecular flexibility index (Phi) is 5.09. The number of rotatable bonds is 5. The van der Waals surface area contributed by atoms with Crippen molar-refractivity contribution < 1.29 is 9.53 Å². The summed E-state index contributed by atoms with van der Waals surface area (Å²) in [7, 11) is 0. The van der Waals surface area contributed by atoms with Crippen LogP contribution in [0.5, 0.6) is 0 Å². The van der Waals surface area contributed by atoms with Crippen LogP contribution in [0.1, 0.15) is 30.7 Å². The molecule has 0 bridgehead atoms. The van der Waals surface area contributed by atoms with Crippen LogP contribution in [0.2, 0.25) is 0 Å². The summed E-state index contributed by atoms with van der Waals surface area (Å²) < 4.78 is 5.17. The Hall–Kier alpha value is -1.62. The summed E-state index contributed by atoms with van der Waals surface area (Å²) in [6, 6.07) is 1.88. The number of pyridine rings is 1. The van der Waals surface area contributed by atoms with Crippen molar-refractivity contribution in [2.24, 2.45) is 0 Å². The van der Waals surface area contributed by atoms with Gasteiger partial charge in [0.15, 0.2) is 0 Å². The fourth-order valence-corrected chi connectivity index (χ4v) is 1.75. The first kappa shape index (κ1) is 14.4. The van der Waals surface area contributed by atoms with E-state index in [1.807, 2.05) is 26.8 Å². The third-order valence-electron chi connectivity index (χ3n) is 2.72. The molecule has 0 aliphatic heterocycles. The topological polar surface area (TPSA) is 71.2 Å². The molecule has 0 radical (unpaired) electrons. The van der Waals surface area contributed by atoms with Crippen LogP contribution in [0.4, 0.5) is 0 Å². The highest BCUT2D eigenvalue weighted by molar-refractivity contribution is 5.80. The molecule has 0 saturated carbocycles. The van der Waals surface area contributed by atoms with E-state index in [0.717, 1.165) is 11.3 Å². The molecule has 1 aromatic rings. The summed E-state index contributed by atoms with van der Waals surface area (Å²) in [6.45, 7) is 7.91. The largest absolute Gasteiger partial charge is 0.369 e. The number of hydrogen-bond donors (Lipinski definition) is 2. The molecule has 1 aromatic heterocycles. The Bertz CT molecular complexity index is 480. The van der Waals surface area contributed by atoms with Gasteiger partial charge in [0.2, 0.25) is 5.91 Å². The number of nitrogens with one attached hydrogen (secondary N) is 2. The van der Waals surface area contributed by atoms with E-state index in [2.05, 4.69) is 10.3 Å². The van der Waals surface area contributed by atoms with E-state index >= 15 is 0 Å². The van der Waals surface area contributed by atoms with Gasteiger partial charge in [0, 0.05) is 24.4 Å². The fraction of sp³-hybridized carbons (Fsp3) is 0.538. The van der Waals surface area contributed by atoms with Gasteiger partial charge in [-0.2, -0.15) is 0 Å². The van der Waals surface area contributed by atoms with E-state index < -0.39 is 6.10 Å². The molecule has 0 aliphatic carbocycles. The van der Waals surface area contributed by atoms with E-state index in [4.69, 9.17) is 4.74 Å². The maximum atomic E-state index is 11.7. The van der Waals surface area contributed by atoms with Gasteiger partial charge < -0.3 is 15.0 Å². The summed E-state index contributed by atoms with van der Waals surface area (Å²) in [5, 5.41) is 2.70. The van der Waals surface area contributed by atoms with Crippen molar-refractivity contribution in [3.8, 4) is 0 Å². The second-order valence-corrected chi connectivity index (χ2v) is 4.26. The normalized spacial score (nSPS) is 12.2. The zero-order chi connectivity index (χ0) is 13.7. The third-order valence-corrected chi connectivity index (χ3v) is 2.72. The van der Waals surface area contributed by atoms with Crippen LogP contribution in [0, 0.1) is 13.8 Å². The predicted octanol–water partition coefficient (Wildman–Crippen LogP) is 1.03. The summed E-state index contributed by atoms with van der Waals surface area (Å²) in [5.41, 5.74) is 2.12. The maximum absolute atomic E-state index is 11.7. The molecule has 0 aromatic carbocycles. The van der Waals surface area contributed by atoms with Crippen molar-refractivity contribution in [2.75, 3.05) is 6.61 Å².